The Hall–Kier alpha value is -0.460. The van der Waals surface area contributed by atoms with Crippen molar-refractivity contribution in [2.24, 2.45) is 0 Å². The molecule has 0 saturated carbocycles. The van der Waals surface area contributed by atoms with Gasteiger partial charge in [0.15, 0.2) is 5.13 Å². The molecule has 0 bridgehead atoms. The zero-order valence-corrected chi connectivity index (χ0v) is 15.0. The summed E-state index contributed by atoms with van der Waals surface area (Å²) in [7, 11) is -0.627. The van der Waals surface area contributed by atoms with E-state index in [2.05, 4.69) is 31.0 Å². The molecule has 6 heteroatoms. The number of nitrogens with one attached hydrogen (secondary N) is 1. The second-order valence-corrected chi connectivity index (χ2v) is 8.38. The van der Waals surface area contributed by atoms with E-state index in [9.17, 15) is 4.21 Å². The van der Waals surface area contributed by atoms with Crippen LogP contribution in [-0.2, 0) is 17.3 Å². The fraction of sp³-hybridized carbons (Fsp3) is 0.800. The van der Waals surface area contributed by atoms with E-state index < -0.39 is 10.8 Å². The van der Waals surface area contributed by atoms with E-state index in [0.29, 0.717) is 5.92 Å². The van der Waals surface area contributed by atoms with Crippen LogP contribution in [0.3, 0.4) is 0 Å². The SMILES string of the molecule is CCCNCc1sc(N2CCS(=O)CC2)nc1C(C)CC. The Labute approximate surface area is 134 Å². The van der Waals surface area contributed by atoms with Gasteiger partial charge in [0.2, 0.25) is 0 Å². The van der Waals surface area contributed by atoms with Gasteiger partial charge in [-0.15, -0.1) is 11.3 Å². The van der Waals surface area contributed by atoms with E-state index in [1.54, 1.807) is 0 Å². The maximum absolute atomic E-state index is 11.5. The van der Waals surface area contributed by atoms with Crippen molar-refractivity contribution in [3.63, 3.8) is 0 Å². The van der Waals surface area contributed by atoms with Crippen LogP contribution < -0.4 is 10.2 Å². The van der Waals surface area contributed by atoms with Gasteiger partial charge in [-0.25, -0.2) is 4.98 Å². The summed E-state index contributed by atoms with van der Waals surface area (Å²) in [5.74, 6) is 2.07. The molecule has 0 radical (unpaired) electrons. The van der Waals surface area contributed by atoms with Crippen molar-refractivity contribution in [3.8, 4) is 0 Å². The Bertz CT molecular complexity index is 465. The van der Waals surface area contributed by atoms with Crippen LogP contribution in [0, 0.1) is 0 Å². The molecule has 1 aliphatic rings. The monoisotopic (exact) mass is 329 g/mol. The average Bonchev–Trinajstić information content (AvgIpc) is 2.91. The van der Waals surface area contributed by atoms with E-state index in [1.807, 2.05) is 11.3 Å². The third kappa shape index (κ3) is 4.50. The number of hydrogen-bond donors (Lipinski definition) is 1. The first-order valence-electron chi connectivity index (χ1n) is 7.95. The van der Waals surface area contributed by atoms with Crippen LogP contribution in [-0.4, -0.2) is 40.3 Å². The second kappa shape index (κ2) is 8.25. The molecule has 21 heavy (non-hydrogen) atoms. The highest BCUT2D eigenvalue weighted by atomic mass is 32.2. The molecule has 2 rings (SSSR count). The minimum atomic E-state index is -0.627. The van der Waals surface area contributed by atoms with Crippen molar-refractivity contribution in [1.29, 1.82) is 0 Å². The molecule has 4 nitrogen and oxygen atoms in total. The van der Waals surface area contributed by atoms with Crippen molar-refractivity contribution in [3.05, 3.63) is 10.6 Å². The fourth-order valence-corrected chi connectivity index (χ4v) is 4.65. The predicted molar refractivity (Wildman–Crippen MR) is 92.9 cm³/mol. The highest BCUT2D eigenvalue weighted by Crippen LogP contribution is 2.32. The molecular formula is C15H27N3OS2. The lowest BCUT2D eigenvalue weighted by Gasteiger charge is -2.25. The van der Waals surface area contributed by atoms with Crippen molar-refractivity contribution < 1.29 is 4.21 Å². The van der Waals surface area contributed by atoms with Gasteiger partial charge in [0.05, 0.1) is 5.69 Å². The van der Waals surface area contributed by atoms with Crippen molar-refractivity contribution in [1.82, 2.24) is 10.3 Å². The Morgan fingerprint density at radius 2 is 2.10 bits per heavy atom. The van der Waals surface area contributed by atoms with E-state index in [0.717, 1.165) is 55.7 Å². The van der Waals surface area contributed by atoms with E-state index in [-0.39, 0.29) is 0 Å². The Morgan fingerprint density at radius 3 is 2.71 bits per heavy atom. The van der Waals surface area contributed by atoms with Crippen molar-refractivity contribution >= 4 is 27.3 Å². The number of thiazole rings is 1. The highest BCUT2D eigenvalue weighted by molar-refractivity contribution is 7.85. The maximum atomic E-state index is 11.5. The van der Waals surface area contributed by atoms with Gasteiger partial charge in [-0.3, -0.25) is 4.21 Å². The smallest absolute Gasteiger partial charge is 0.185 e. The van der Waals surface area contributed by atoms with Gasteiger partial charge in [0, 0.05) is 46.8 Å². The fourth-order valence-electron chi connectivity index (χ4n) is 2.40. The van der Waals surface area contributed by atoms with Gasteiger partial charge in [-0.1, -0.05) is 20.8 Å². The van der Waals surface area contributed by atoms with Crippen LogP contribution in [0.25, 0.3) is 0 Å². The van der Waals surface area contributed by atoms with E-state index in [1.165, 1.54) is 10.6 Å². The maximum Gasteiger partial charge on any atom is 0.185 e. The van der Waals surface area contributed by atoms with E-state index in [4.69, 9.17) is 4.98 Å². The Balaban J connectivity index is 2.12. The molecule has 120 valence electrons. The van der Waals surface area contributed by atoms with Gasteiger partial charge in [-0.05, 0) is 25.3 Å². The van der Waals surface area contributed by atoms with Crippen LogP contribution in [0.2, 0.25) is 0 Å². The highest BCUT2D eigenvalue weighted by Gasteiger charge is 2.22. The third-order valence-electron chi connectivity index (χ3n) is 3.96. The van der Waals surface area contributed by atoms with Crippen LogP contribution in [0.4, 0.5) is 5.13 Å². The molecule has 2 heterocycles. The first kappa shape index (κ1) is 16.9. The lowest BCUT2D eigenvalue weighted by Crippen LogP contribution is -2.37. The molecule has 1 N–H and O–H groups in total. The molecule has 1 aromatic rings. The summed E-state index contributed by atoms with van der Waals surface area (Å²) in [6.45, 7) is 10.4. The number of anilines is 1. The summed E-state index contributed by atoms with van der Waals surface area (Å²) in [4.78, 5) is 8.60. The molecule has 1 atom stereocenters. The number of nitrogens with zero attached hydrogens (tertiary/aromatic N) is 2. The Kier molecular flexibility index (Phi) is 6.64. The number of hydrogen-bond acceptors (Lipinski definition) is 5. The molecule has 0 aliphatic carbocycles. The second-order valence-electron chi connectivity index (χ2n) is 5.63. The Morgan fingerprint density at radius 1 is 1.38 bits per heavy atom. The normalized spacial score (nSPS) is 18.1. The molecule has 1 aromatic heterocycles. The standard InChI is InChI=1S/C15H27N3OS2/c1-4-6-16-11-13-14(12(3)5-2)17-15(20-13)18-7-9-21(19)10-8-18/h12,16H,4-11H2,1-3H3. The van der Waals surface area contributed by atoms with Gasteiger partial charge in [0.1, 0.15) is 0 Å². The summed E-state index contributed by atoms with van der Waals surface area (Å²) in [6.07, 6.45) is 2.27. The van der Waals surface area contributed by atoms with Crippen LogP contribution in [0.1, 0.15) is 50.1 Å². The first-order valence-corrected chi connectivity index (χ1v) is 10.3. The molecular weight excluding hydrogens is 302 g/mol. The summed E-state index contributed by atoms with van der Waals surface area (Å²) in [6, 6.07) is 0. The van der Waals surface area contributed by atoms with Gasteiger partial charge in [-0.2, -0.15) is 0 Å². The lowest BCUT2D eigenvalue weighted by molar-refractivity contribution is 0.654. The zero-order chi connectivity index (χ0) is 15.2. The molecule has 0 amide bonds. The largest absolute Gasteiger partial charge is 0.346 e. The third-order valence-corrected chi connectivity index (χ3v) is 6.36. The molecule has 1 unspecified atom stereocenters. The van der Waals surface area contributed by atoms with Crippen LogP contribution >= 0.6 is 11.3 Å². The first-order chi connectivity index (χ1) is 10.2. The minimum absolute atomic E-state index is 0.507. The van der Waals surface area contributed by atoms with Crippen molar-refractivity contribution in [2.75, 3.05) is 36.0 Å². The molecule has 0 aromatic carbocycles. The quantitative estimate of drug-likeness (QED) is 0.781. The van der Waals surface area contributed by atoms with Gasteiger partial charge < -0.3 is 10.2 Å². The van der Waals surface area contributed by atoms with Gasteiger partial charge in [0.25, 0.3) is 0 Å². The van der Waals surface area contributed by atoms with Crippen molar-refractivity contribution in [2.45, 2.75) is 46.1 Å². The summed E-state index contributed by atoms with van der Waals surface area (Å²) in [5, 5.41) is 4.62. The van der Waals surface area contributed by atoms with E-state index >= 15 is 0 Å². The van der Waals surface area contributed by atoms with Crippen LogP contribution in [0.5, 0.6) is 0 Å². The molecule has 1 saturated heterocycles. The van der Waals surface area contributed by atoms with Crippen LogP contribution in [0.15, 0.2) is 0 Å². The number of aromatic nitrogens is 1. The average molecular weight is 330 g/mol. The zero-order valence-electron chi connectivity index (χ0n) is 13.4. The lowest BCUT2D eigenvalue weighted by atomic mass is 10.0. The summed E-state index contributed by atoms with van der Waals surface area (Å²) >= 11 is 1.81. The topological polar surface area (TPSA) is 45.2 Å². The van der Waals surface area contributed by atoms with Gasteiger partial charge >= 0.3 is 0 Å². The predicted octanol–water partition coefficient (Wildman–Crippen LogP) is 2.72. The molecule has 1 fully saturated rings. The molecule has 1 aliphatic heterocycles. The summed E-state index contributed by atoms with van der Waals surface area (Å²) < 4.78 is 11.5. The minimum Gasteiger partial charge on any atom is -0.346 e. The molecule has 0 spiro atoms. The summed E-state index contributed by atoms with van der Waals surface area (Å²) in [5.41, 5.74) is 1.26. The number of rotatable bonds is 7.